The van der Waals surface area contributed by atoms with Gasteiger partial charge in [-0.2, -0.15) is 13.2 Å². The minimum Gasteiger partial charge on any atom is -0.497 e. The first-order chi connectivity index (χ1) is 19.3. The topological polar surface area (TPSA) is 119 Å². The fourth-order valence-electron chi connectivity index (χ4n) is 4.25. The Balaban J connectivity index is 0.000000587. The number of rotatable bonds is 6. The number of benzene rings is 3. The zero-order chi connectivity index (χ0) is 30.3. The lowest BCUT2D eigenvalue weighted by Crippen LogP contribution is -2.47. The number of nitrogens with one attached hydrogen (secondary N) is 1. The number of carboxylic acid groups (broad SMARTS) is 2. The van der Waals surface area contributed by atoms with Crippen LogP contribution in [0.1, 0.15) is 31.8 Å². The first kappa shape index (κ1) is 30.8. The van der Waals surface area contributed by atoms with Gasteiger partial charge in [0, 0.05) is 43.1 Å². The lowest BCUT2D eigenvalue weighted by Gasteiger charge is -2.38. The largest absolute Gasteiger partial charge is 0.497 e. The minimum atomic E-state index is -5.08. The van der Waals surface area contributed by atoms with E-state index in [2.05, 4.69) is 47.2 Å². The van der Waals surface area contributed by atoms with Crippen molar-refractivity contribution in [3.8, 4) is 5.75 Å². The molecule has 1 aliphatic rings. The van der Waals surface area contributed by atoms with Gasteiger partial charge in [0.15, 0.2) is 0 Å². The molecule has 0 bridgehead atoms. The number of hydrogen-bond donors (Lipinski definition) is 3. The Morgan fingerprint density at radius 3 is 1.90 bits per heavy atom. The maximum Gasteiger partial charge on any atom is 0.490 e. The third-order valence-corrected chi connectivity index (χ3v) is 6.41. The highest BCUT2D eigenvalue weighted by molar-refractivity contribution is 6.05. The van der Waals surface area contributed by atoms with E-state index in [9.17, 15) is 27.9 Å². The molecule has 0 saturated carbocycles. The van der Waals surface area contributed by atoms with E-state index in [4.69, 9.17) is 14.6 Å². The van der Waals surface area contributed by atoms with Crippen LogP contribution >= 0.6 is 0 Å². The second-order valence-electron chi connectivity index (χ2n) is 9.29. The summed E-state index contributed by atoms with van der Waals surface area (Å²) in [5.41, 5.74) is 5.43. The van der Waals surface area contributed by atoms with Gasteiger partial charge < -0.3 is 30.1 Å². The van der Waals surface area contributed by atoms with Crippen molar-refractivity contribution in [3.63, 3.8) is 0 Å². The summed E-state index contributed by atoms with van der Waals surface area (Å²) in [5, 5.41) is 19.8. The van der Waals surface area contributed by atoms with E-state index in [0.29, 0.717) is 35.8 Å². The molecule has 41 heavy (non-hydrogen) atoms. The molecule has 3 aromatic rings. The van der Waals surface area contributed by atoms with Crippen molar-refractivity contribution >= 4 is 34.9 Å². The molecule has 3 aromatic carbocycles. The molecule has 1 aliphatic heterocycles. The number of amides is 1. The number of alkyl halides is 3. The molecular weight excluding hydrogens is 543 g/mol. The molecule has 1 heterocycles. The zero-order valence-corrected chi connectivity index (χ0v) is 22.7. The summed E-state index contributed by atoms with van der Waals surface area (Å²) in [6, 6.07) is 18.2. The number of methoxy groups -OCH3 is 1. The molecule has 1 fully saturated rings. The van der Waals surface area contributed by atoms with Crippen LogP contribution in [0.3, 0.4) is 0 Å². The smallest absolute Gasteiger partial charge is 0.490 e. The summed E-state index contributed by atoms with van der Waals surface area (Å²) in [6.07, 6.45) is -5.08. The summed E-state index contributed by atoms with van der Waals surface area (Å²) < 4.78 is 36.9. The van der Waals surface area contributed by atoms with E-state index in [1.165, 1.54) is 22.9 Å². The van der Waals surface area contributed by atoms with E-state index in [1.54, 1.807) is 43.5 Å². The molecule has 4 rings (SSSR count). The number of nitrogens with zero attached hydrogens (tertiary/aromatic N) is 2. The number of anilines is 3. The Labute approximate surface area is 234 Å². The second-order valence-corrected chi connectivity index (χ2v) is 9.29. The van der Waals surface area contributed by atoms with E-state index in [-0.39, 0.29) is 11.5 Å². The average molecular weight is 574 g/mol. The van der Waals surface area contributed by atoms with Crippen LogP contribution in [0.2, 0.25) is 0 Å². The number of piperazine rings is 1. The molecule has 12 heteroatoms. The lowest BCUT2D eigenvalue weighted by molar-refractivity contribution is -0.192. The molecule has 0 aromatic heterocycles. The summed E-state index contributed by atoms with van der Waals surface area (Å²) in [6.45, 7) is 7.24. The molecule has 1 amide bonds. The molecule has 218 valence electrons. The number of hydrogen-bond acceptors (Lipinski definition) is 6. The van der Waals surface area contributed by atoms with Crippen molar-refractivity contribution < 1.29 is 42.5 Å². The average Bonchev–Trinajstić information content (AvgIpc) is 2.94. The third-order valence-electron chi connectivity index (χ3n) is 6.41. The number of aliphatic carboxylic acids is 1. The Kier molecular flexibility index (Phi) is 9.82. The van der Waals surface area contributed by atoms with Gasteiger partial charge in [-0.05, 0) is 73.5 Å². The van der Waals surface area contributed by atoms with Crippen molar-refractivity contribution in [2.45, 2.75) is 20.0 Å². The minimum absolute atomic E-state index is 0.174. The summed E-state index contributed by atoms with van der Waals surface area (Å²) in [7, 11) is 1.56. The molecule has 3 N–H and O–H groups in total. The van der Waals surface area contributed by atoms with Gasteiger partial charge in [-0.3, -0.25) is 4.79 Å². The number of carbonyl (C=O) groups excluding carboxylic acids is 1. The maximum atomic E-state index is 12.6. The van der Waals surface area contributed by atoms with Crippen molar-refractivity contribution in [3.05, 3.63) is 82.9 Å². The van der Waals surface area contributed by atoms with Gasteiger partial charge in [0.25, 0.3) is 5.91 Å². The summed E-state index contributed by atoms with van der Waals surface area (Å²) in [5.74, 6) is -3.43. The van der Waals surface area contributed by atoms with E-state index in [1.807, 2.05) is 0 Å². The second kappa shape index (κ2) is 13.1. The Bertz CT molecular complexity index is 1400. The van der Waals surface area contributed by atoms with Gasteiger partial charge in [0.1, 0.15) is 5.75 Å². The van der Waals surface area contributed by atoms with Crippen LogP contribution < -0.4 is 19.9 Å². The SMILES string of the molecule is COc1ccc(C(=O)Nc2ccc(N3CCN(c4cc(C)ccc4C)CC3)c(C(=O)O)c2)cc1.O=C(O)C(F)(F)F. The quantitative estimate of drug-likeness (QED) is 0.367. The van der Waals surface area contributed by atoms with Crippen LogP contribution in [-0.2, 0) is 4.79 Å². The number of ether oxygens (including phenoxy) is 1. The predicted octanol–water partition coefficient (Wildman–Crippen LogP) is 5.22. The number of carbonyl (C=O) groups is 3. The molecule has 1 saturated heterocycles. The van der Waals surface area contributed by atoms with E-state index in [0.717, 1.165) is 13.1 Å². The van der Waals surface area contributed by atoms with Crippen molar-refractivity contribution in [2.24, 2.45) is 0 Å². The van der Waals surface area contributed by atoms with Gasteiger partial charge in [0.2, 0.25) is 0 Å². The first-order valence-corrected chi connectivity index (χ1v) is 12.5. The van der Waals surface area contributed by atoms with Crippen LogP contribution in [-0.4, -0.2) is 67.5 Å². The monoisotopic (exact) mass is 573 g/mol. The van der Waals surface area contributed by atoms with Crippen molar-refractivity contribution in [2.75, 3.05) is 48.4 Å². The number of halogens is 3. The van der Waals surface area contributed by atoms with Crippen LogP contribution in [0.4, 0.5) is 30.2 Å². The van der Waals surface area contributed by atoms with Crippen molar-refractivity contribution in [1.29, 1.82) is 0 Å². The number of aromatic carboxylic acids is 1. The van der Waals surface area contributed by atoms with Crippen LogP contribution in [0, 0.1) is 13.8 Å². The fraction of sp³-hybridized carbons (Fsp3) is 0.276. The summed E-state index contributed by atoms with van der Waals surface area (Å²) >= 11 is 0. The highest BCUT2D eigenvalue weighted by Crippen LogP contribution is 2.28. The van der Waals surface area contributed by atoms with Crippen molar-refractivity contribution in [1.82, 2.24) is 0 Å². The molecule has 0 unspecified atom stereocenters. The molecule has 0 aliphatic carbocycles. The van der Waals surface area contributed by atoms with Gasteiger partial charge >= 0.3 is 18.1 Å². The fourth-order valence-corrected chi connectivity index (χ4v) is 4.25. The molecular formula is C29H30F3N3O6. The standard InChI is InChI=1S/C27H29N3O4.C2HF3O2/c1-18-4-5-19(2)25(16-18)30-14-12-29(13-15-30)24-11-8-21(17-23(24)27(32)33)28-26(31)20-6-9-22(34-3)10-7-20;3-2(4,5)1(6)7/h4-11,16-17H,12-15H2,1-3H3,(H,28,31)(H,32,33);(H,6,7). The number of carboxylic acids is 2. The number of aryl methyl sites for hydroxylation is 2. The Morgan fingerprint density at radius 1 is 0.829 bits per heavy atom. The highest BCUT2D eigenvalue weighted by Gasteiger charge is 2.38. The van der Waals surface area contributed by atoms with Gasteiger partial charge in [-0.15, -0.1) is 0 Å². The molecule has 0 atom stereocenters. The predicted molar refractivity (Wildman–Crippen MR) is 148 cm³/mol. The lowest BCUT2D eigenvalue weighted by atomic mass is 10.1. The Morgan fingerprint density at radius 2 is 1.39 bits per heavy atom. The Hall–Kier alpha value is -4.74. The molecule has 0 radical (unpaired) electrons. The van der Waals surface area contributed by atoms with E-state index >= 15 is 0 Å². The van der Waals surface area contributed by atoms with Crippen LogP contribution in [0.15, 0.2) is 60.7 Å². The van der Waals surface area contributed by atoms with Crippen LogP contribution in [0.5, 0.6) is 5.75 Å². The summed E-state index contributed by atoms with van der Waals surface area (Å²) in [4.78, 5) is 38.0. The third kappa shape index (κ3) is 8.13. The van der Waals surface area contributed by atoms with Gasteiger partial charge in [-0.1, -0.05) is 12.1 Å². The molecule has 9 nitrogen and oxygen atoms in total. The van der Waals surface area contributed by atoms with E-state index < -0.39 is 18.1 Å². The zero-order valence-electron chi connectivity index (χ0n) is 22.7. The highest BCUT2D eigenvalue weighted by atomic mass is 19.4. The van der Waals surface area contributed by atoms with Gasteiger partial charge in [0.05, 0.1) is 18.4 Å². The van der Waals surface area contributed by atoms with Crippen LogP contribution in [0.25, 0.3) is 0 Å². The molecule has 0 spiro atoms. The first-order valence-electron chi connectivity index (χ1n) is 12.5. The normalized spacial score (nSPS) is 13.1. The maximum absolute atomic E-state index is 12.6. The van der Waals surface area contributed by atoms with Gasteiger partial charge in [-0.25, -0.2) is 9.59 Å².